The quantitative estimate of drug-likeness (QED) is 0.752. The van der Waals surface area contributed by atoms with Gasteiger partial charge < -0.3 is 9.84 Å². The Morgan fingerprint density at radius 2 is 1.93 bits per heavy atom. The molecule has 0 amide bonds. The first-order chi connectivity index (χ1) is 6.74. The molecule has 2 nitrogen and oxygen atoms in total. The molecular formula is C11H9FO2. The van der Waals surface area contributed by atoms with Crippen LogP contribution in [0.1, 0.15) is 0 Å². The fraction of sp³-hybridized carbons (Fsp3) is 0.0909. The lowest BCUT2D eigenvalue weighted by molar-refractivity contribution is 0.378. The normalized spacial score (nSPS) is 10.4. The van der Waals surface area contributed by atoms with E-state index in [4.69, 9.17) is 4.74 Å². The van der Waals surface area contributed by atoms with Gasteiger partial charge in [0.05, 0.1) is 7.11 Å². The molecule has 0 radical (unpaired) electrons. The maximum absolute atomic E-state index is 13.3. The van der Waals surface area contributed by atoms with E-state index in [0.29, 0.717) is 16.5 Å². The molecule has 0 atom stereocenters. The number of methoxy groups -OCH3 is 1. The minimum atomic E-state index is -0.319. The number of ether oxygens (including phenoxy) is 1. The van der Waals surface area contributed by atoms with Gasteiger partial charge in [-0.2, -0.15) is 0 Å². The summed E-state index contributed by atoms with van der Waals surface area (Å²) in [7, 11) is 1.44. The van der Waals surface area contributed by atoms with E-state index in [1.54, 1.807) is 12.1 Å². The van der Waals surface area contributed by atoms with E-state index in [2.05, 4.69) is 0 Å². The number of phenols is 1. The zero-order valence-electron chi connectivity index (χ0n) is 7.62. The fourth-order valence-electron chi connectivity index (χ4n) is 1.49. The van der Waals surface area contributed by atoms with Gasteiger partial charge in [0.2, 0.25) is 0 Å². The molecule has 2 rings (SSSR count). The molecule has 14 heavy (non-hydrogen) atoms. The topological polar surface area (TPSA) is 29.5 Å². The van der Waals surface area contributed by atoms with Gasteiger partial charge in [0.1, 0.15) is 5.82 Å². The number of phenolic OH excluding ortho intramolecular Hbond substituents is 1. The first-order valence-corrected chi connectivity index (χ1v) is 4.18. The zero-order valence-corrected chi connectivity index (χ0v) is 7.62. The molecular weight excluding hydrogens is 183 g/mol. The summed E-state index contributed by atoms with van der Waals surface area (Å²) in [6.07, 6.45) is 0. The molecule has 0 unspecified atom stereocenters. The Labute approximate surface area is 80.6 Å². The molecule has 0 saturated carbocycles. The van der Waals surface area contributed by atoms with Crippen LogP contribution in [-0.4, -0.2) is 12.2 Å². The second-order valence-corrected chi connectivity index (χ2v) is 2.95. The van der Waals surface area contributed by atoms with Crippen LogP contribution in [0.3, 0.4) is 0 Å². The van der Waals surface area contributed by atoms with E-state index in [1.165, 1.54) is 25.3 Å². The number of rotatable bonds is 1. The summed E-state index contributed by atoms with van der Waals surface area (Å²) in [5, 5.41) is 10.5. The number of benzene rings is 2. The van der Waals surface area contributed by atoms with Crippen molar-refractivity contribution in [3.05, 3.63) is 36.1 Å². The predicted molar refractivity (Wildman–Crippen MR) is 52.1 cm³/mol. The molecule has 3 heteroatoms. The van der Waals surface area contributed by atoms with Crippen LogP contribution in [0.2, 0.25) is 0 Å². The number of halogens is 1. The lowest BCUT2D eigenvalue weighted by Crippen LogP contribution is -1.87. The largest absolute Gasteiger partial charge is 0.504 e. The lowest BCUT2D eigenvalue weighted by Gasteiger charge is -2.07. The maximum atomic E-state index is 13.3. The van der Waals surface area contributed by atoms with E-state index < -0.39 is 0 Å². The predicted octanol–water partition coefficient (Wildman–Crippen LogP) is 2.69. The third kappa shape index (κ3) is 1.18. The van der Waals surface area contributed by atoms with Gasteiger partial charge >= 0.3 is 0 Å². The van der Waals surface area contributed by atoms with Crippen LogP contribution < -0.4 is 4.74 Å². The number of hydrogen-bond donors (Lipinski definition) is 1. The molecule has 0 aliphatic carbocycles. The summed E-state index contributed by atoms with van der Waals surface area (Å²) < 4.78 is 18.3. The van der Waals surface area contributed by atoms with Gasteiger partial charge in [-0.3, -0.25) is 0 Å². The average molecular weight is 192 g/mol. The van der Waals surface area contributed by atoms with Gasteiger partial charge in [-0.25, -0.2) is 4.39 Å². The Balaban J connectivity index is 2.88. The Bertz CT molecular complexity index is 480. The van der Waals surface area contributed by atoms with Crippen LogP contribution in [0.15, 0.2) is 30.3 Å². The minimum absolute atomic E-state index is 0.0191. The van der Waals surface area contributed by atoms with Crippen molar-refractivity contribution in [2.75, 3.05) is 7.11 Å². The Kier molecular flexibility index (Phi) is 2.00. The highest BCUT2D eigenvalue weighted by Gasteiger charge is 2.08. The highest BCUT2D eigenvalue weighted by atomic mass is 19.1. The molecule has 2 aromatic carbocycles. The average Bonchev–Trinajstić information content (AvgIpc) is 2.18. The summed E-state index contributed by atoms with van der Waals surface area (Å²) in [5.74, 6) is 0.00778. The van der Waals surface area contributed by atoms with Crippen LogP contribution in [0.25, 0.3) is 10.8 Å². The number of fused-ring (bicyclic) bond motifs is 1. The second kappa shape index (κ2) is 3.18. The van der Waals surface area contributed by atoms with Crippen molar-refractivity contribution < 1.29 is 14.2 Å². The van der Waals surface area contributed by atoms with Gasteiger partial charge in [-0.05, 0) is 18.2 Å². The van der Waals surface area contributed by atoms with Gasteiger partial charge in [-0.1, -0.05) is 12.1 Å². The minimum Gasteiger partial charge on any atom is -0.504 e. The number of aromatic hydroxyl groups is 1. The molecule has 0 fully saturated rings. The van der Waals surface area contributed by atoms with Gasteiger partial charge in [0, 0.05) is 10.8 Å². The van der Waals surface area contributed by atoms with E-state index in [-0.39, 0.29) is 11.6 Å². The second-order valence-electron chi connectivity index (χ2n) is 2.95. The van der Waals surface area contributed by atoms with Crippen molar-refractivity contribution in [3.8, 4) is 11.5 Å². The van der Waals surface area contributed by atoms with Crippen molar-refractivity contribution in [2.24, 2.45) is 0 Å². The van der Waals surface area contributed by atoms with Crippen LogP contribution in [0.5, 0.6) is 11.5 Å². The van der Waals surface area contributed by atoms with Crippen LogP contribution in [0.4, 0.5) is 4.39 Å². The zero-order chi connectivity index (χ0) is 10.1. The third-order valence-corrected chi connectivity index (χ3v) is 2.14. The Morgan fingerprint density at radius 3 is 2.64 bits per heavy atom. The fourth-order valence-corrected chi connectivity index (χ4v) is 1.49. The molecule has 0 bridgehead atoms. The van der Waals surface area contributed by atoms with Crippen molar-refractivity contribution in [1.29, 1.82) is 0 Å². The maximum Gasteiger partial charge on any atom is 0.168 e. The van der Waals surface area contributed by atoms with Gasteiger partial charge in [0.25, 0.3) is 0 Å². The molecule has 0 spiro atoms. The Hall–Kier alpha value is -1.77. The van der Waals surface area contributed by atoms with E-state index in [9.17, 15) is 9.50 Å². The molecule has 2 aromatic rings. The van der Waals surface area contributed by atoms with E-state index in [0.717, 1.165) is 0 Å². The van der Waals surface area contributed by atoms with Crippen molar-refractivity contribution in [1.82, 2.24) is 0 Å². The van der Waals surface area contributed by atoms with Crippen LogP contribution in [-0.2, 0) is 0 Å². The van der Waals surface area contributed by atoms with Crippen LogP contribution in [0, 0.1) is 5.82 Å². The summed E-state index contributed by atoms with van der Waals surface area (Å²) in [6, 6.07) is 7.61. The smallest absolute Gasteiger partial charge is 0.168 e. The summed E-state index contributed by atoms with van der Waals surface area (Å²) in [5.41, 5.74) is 0. The molecule has 72 valence electrons. The first kappa shape index (κ1) is 8.81. The molecule has 0 aliphatic rings. The van der Waals surface area contributed by atoms with E-state index in [1.807, 2.05) is 0 Å². The SMILES string of the molecule is COc1c(O)ccc2c(F)cccc12. The van der Waals surface area contributed by atoms with Crippen molar-refractivity contribution in [2.45, 2.75) is 0 Å². The monoisotopic (exact) mass is 192 g/mol. The first-order valence-electron chi connectivity index (χ1n) is 4.18. The molecule has 0 aliphatic heterocycles. The number of hydrogen-bond acceptors (Lipinski definition) is 2. The summed E-state index contributed by atoms with van der Waals surface area (Å²) in [4.78, 5) is 0. The highest BCUT2D eigenvalue weighted by Crippen LogP contribution is 2.35. The molecule has 0 aromatic heterocycles. The van der Waals surface area contributed by atoms with Crippen LogP contribution >= 0.6 is 0 Å². The van der Waals surface area contributed by atoms with Gasteiger partial charge in [-0.15, -0.1) is 0 Å². The summed E-state index contributed by atoms with van der Waals surface area (Å²) >= 11 is 0. The van der Waals surface area contributed by atoms with Crippen molar-refractivity contribution in [3.63, 3.8) is 0 Å². The molecule has 0 saturated heterocycles. The molecule has 0 heterocycles. The standard InChI is InChI=1S/C11H9FO2/c1-14-11-8-3-2-4-9(12)7(8)5-6-10(11)13/h2-6,13H,1H3. The lowest BCUT2D eigenvalue weighted by atomic mass is 10.1. The highest BCUT2D eigenvalue weighted by molar-refractivity contribution is 5.91. The molecule has 1 N–H and O–H groups in total. The van der Waals surface area contributed by atoms with Crippen molar-refractivity contribution >= 4 is 10.8 Å². The third-order valence-electron chi connectivity index (χ3n) is 2.14. The van der Waals surface area contributed by atoms with Gasteiger partial charge in [0.15, 0.2) is 11.5 Å². The van der Waals surface area contributed by atoms with E-state index >= 15 is 0 Å². The Morgan fingerprint density at radius 1 is 1.14 bits per heavy atom. The summed E-state index contributed by atoms with van der Waals surface area (Å²) in [6.45, 7) is 0.